The summed E-state index contributed by atoms with van der Waals surface area (Å²) in [6, 6.07) is 3.89. The predicted molar refractivity (Wildman–Crippen MR) is 141 cm³/mol. The highest BCUT2D eigenvalue weighted by Crippen LogP contribution is 2.31. The van der Waals surface area contributed by atoms with Gasteiger partial charge in [-0.05, 0) is 58.1 Å². The molecule has 4 rings (SSSR count). The van der Waals surface area contributed by atoms with Crippen molar-refractivity contribution in [2.45, 2.75) is 38.8 Å². The van der Waals surface area contributed by atoms with Crippen molar-refractivity contribution >= 4 is 18.9 Å². The number of hydrogen-bond donors (Lipinski definition) is 2. The molecule has 2 saturated heterocycles. The third-order valence-corrected chi connectivity index (χ3v) is 6.49. The number of ether oxygens (including phenoxy) is 1. The van der Waals surface area contributed by atoms with E-state index >= 15 is 0 Å². The van der Waals surface area contributed by atoms with Crippen LogP contribution in [0, 0.1) is 13.8 Å². The number of carboxylic acid groups (broad SMARTS) is 2. The fourth-order valence-corrected chi connectivity index (χ4v) is 4.99. The van der Waals surface area contributed by atoms with E-state index in [0.29, 0.717) is 19.6 Å². The third kappa shape index (κ3) is 9.51. The van der Waals surface area contributed by atoms with Crippen molar-refractivity contribution in [1.29, 1.82) is 0 Å². The lowest BCUT2D eigenvalue weighted by atomic mass is 9.99. The second-order valence-electron chi connectivity index (χ2n) is 9.49. The number of hydrogen-bond acceptors (Lipinski definition) is 8. The predicted octanol–water partition coefficient (Wildman–Crippen LogP) is 0.982. The Labute approximate surface area is 223 Å². The highest BCUT2D eigenvalue weighted by Gasteiger charge is 2.38. The largest absolute Gasteiger partial charge is 0.483 e. The number of pyridine rings is 1. The van der Waals surface area contributed by atoms with E-state index < -0.39 is 0 Å². The van der Waals surface area contributed by atoms with Crippen LogP contribution in [0.1, 0.15) is 35.0 Å². The Morgan fingerprint density at radius 1 is 1.05 bits per heavy atom. The molecule has 0 unspecified atom stereocenters. The zero-order valence-corrected chi connectivity index (χ0v) is 22.7. The van der Waals surface area contributed by atoms with E-state index in [0.717, 1.165) is 61.7 Å². The molecule has 2 aliphatic heterocycles. The van der Waals surface area contributed by atoms with E-state index in [9.17, 15) is 4.79 Å². The quantitative estimate of drug-likeness (QED) is 0.535. The normalized spacial score (nSPS) is 20.3. The summed E-state index contributed by atoms with van der Waals surface area (Å²) in [7, 11) is 4.10. The van der Waals surface area contributed by atoms with Crippen molar-refractivity contribution < 1.29 is 29.3 Å². The van der Waals surface area contributed by atoms with Crippen molar-refractivity contribution in [3.05, 3.63) is 47.0 Å². The number of carbonyl (C=O) groups is 3. The van der Waals surface area contributed by atoms with Gasteiger partial charge in [0.05, 0.1) is 31.4 Å². The van der Waals surface area contributed by atoms with Crippen molar-refractivity contribution in [2.24, 2.45) is 7.05 Å². The summed E-state index contributed by atoms with van der Waals surface area (Å²) in [5, 5.41) is 18.2. The van der Waals surface area contributed by atoms with Crippen molar-refractivity contribution in [3.8, 4) is 0 Å². The third-order valence-electron chi connectivity index (χ3n) is 6.49. The Morgan fingerprint density at radius 2 is 1.71 bits per heavy atom. The van der Waals surface area contributed by atoms with E-state index in [1.165, 1.54) is 0 Å². The Kier molecular flexibility index (Phi) is 12.8. The van der Waals surface area contributed by atoms with Crippen LogP contribution in [0.2, 0.25) is 0 Å². The van der Waals surface area contributed by atoms with Crippen LogP contribution >= 0.6 is 0 Å². The maximum Gasteiger partial charge on any atom is 0.290 e. The highest BCUT2D eigenvalue weighted by atomic mass is 16.5. The van der Waals surface area contributed by atoms with Gasteiger partial charge in [-0.15, -0.1) is 0 Å². The molecule has 0 aromatic carbocycles. The van der Waals surface area contributed by atoms with Gasteiger partial charge in [0.1, 0.15) is 0 Å². The molecule has 0 spiro atoms. The van der Waals surface area contributed by atoms with Crippen LogP contribution in [0.15, 0.2) is 24.5 Å². The number of aryl methyl sites for hydroxylation is 3. The molecule has 1 amide bonds. The van der Waals surface area contributed by atoms with Crippen LogP contribution in [-0.2, 0) is 32.6 Å². The number of rotatable bonds is 5. The molecule has 2 aliphatic rings. The van der Waals surface area contributed by atoms with Gasteiger partial charge in [-0.2, -0.15) is 5.10 Å². The fourth-order valence-electron chi connectivity index (χ4n) is 4.99. The number of morpholine rings is 1. The first kappa shape index (κ1) is 30.9. The van der Waals surface area contributed by atoms with Gasteiger partial charge >= 0.3 is 0 Å². The molecule has 12 nitrogen and oxygen atoms in total. The van der Waals surface area contributed by atoms with Crippen molar-refractivity contribution in [2.75, 3.05) is 52.9 Å². The summed E-state index contributed by atoms with van der Waals surface area (Å²) in [6.07, 6.45) is 5.36. The number of carbonyl (C=O) groups excluding carboxylic acids is 1. The SMILES string of the molecule is Cc1cc(CC(=O)N2CCO[C@@H](CN3CCCN(C)CC3)[C@@H]2c2cnn(C)c2)cc(C)n1.O=CO.O=CO. The zero-order chi connectivity index (χ0) is 28.1. The molecule has 0 aliphatic carbocycles. The van der Waals surface area contributed by atoms with E-state index in [2.05, 4.69) is 26.9 Å². The molecule has 0 bridgehead atoms. The summed E-state index contributed by atoms with van der Waals surface area (Å²) >= 11 is 0. The van der Waals surface area contributed by atoms with E-state index in [4.69, 9.17) is 24.5 Å². The number of nitrogens with zero attached hydrogens (tertiary/aromatic N) is 6. The first-order valence-electron chi connectivity index (χ1n) is 12.6. The van der Waals surface area contributed by atoms with Crippen molar-refractivity contribution in [1.82, 2.24) is 29.5 Å². The molecule has 0 radical (unpaired) electrons. The van der Waals surface area contributed by atoms with Gasteiger partial charge in [-0.3, -0.25) is 28.9 Å². The molecule has 38 heavy (non-hydrogen) atoms. The monoisotopic (exact) mass is 532 g/mol. The average molecular weight is 533 g/mol. The van der Waals surface area contributed by atoms with Crippen LogP contribution in [0.25, 0.3) is 0 Å². The minimum atomic E-state index is -0.250. The molecule has 12 heteroatoms. The lowest BCUT2D eigenvalue weighted by molar-refractivity contribution is -0.147. The number of aromatic nitrogens is 3. The van der Waals surface area contributed by atoms with Gasteiger partial charge in [0.2, 0.25) is 5.91 Å². The molecule has 2 atom stereocenters. The van der Waals surface area contributed by atoms with Crippen molar-refractivity contribution in [3.63, 3.8) is 0 Å². The second kappa shape index (κ2) is 15.8. The summed E-state index contributed by atoms with van der Waals surface area (Å²) in [5.74, 6) is 0.132. The molecule has 210 valence electrons. The first-order valence-corrected chi connectivity index (χ1v) is 12.6. The minimum Gasteiger partial charge on any atom is -0.483 e. The van der Waals surface area contributed by atoms with Gasteiger partial charge in [-0.25, -0.2) is 0 Å². The summed E-state index contributed by atoms with van der Waals surface area (Å²) in [4.78, 5) is 41.6. The van der Waals surface area contributed by atoms with Crippen LogP contribution in [0.4, 0.5) is 0 Å². The lowest BCUT2D eigenvalue weighted by Gasteiger charge is -2.42. The molecule has 4 heterocycles. The van der Waals surface area contributed by atoms with E-state index in [1.54, 1.807) is 4.68 Å². The summed E-state index contributed by atoms with van der Waals surface area (Å²) in [5.41, 5.74) is 3.95. The number of amides is 1. The standard InChI is InChI=1S/C24H36N6O2.2CH2O2/c1-18-12-20(13-19(2)26-18)14-23(31)30-10-11-32-22(24(30)21-15-25-28(4)16-21)17-29-7-5-6-27(3)8-9-29;2*2-1-3/h12-13,15-16,22,24H,5-11,14,17H2,1-4H3;2*1H,(H,2,3)/t22-,24-;;/m0../s1. The maximum atomic E-state index is 13.5. The van der Waals surface area contributed by atoms with Crippen LogP contribution < -0.4 is 0 Å². The maximum absolute atomic E-state index is 13.5. The molecule has 2 fully saturated rings. The van der Waals surface area contributed by atoms with Gasteiger partial charge in [0, 0.05) is 56.4 Å². The molecule has 2 N–H and O–H groups in total. The topological polar surface area (TPSA) is 141 Å². The lowest BCUT2D eigenvalue weighted by Crippen LogP contribution is -2.52. The Balaban J connectivity index is 0.000000773. The van der Waals surface area contributed by atoms with Gasteiger partial charge in [-0.1, -0.05) is 0 Å². The molecular weight excluding hydrogens is 492 g/mol. The van der Waals surface area contributed by atoms with Gasteiger partial charge in [0.25, 0.3) is 12.9 Å². The molecule has 0 saturated carbocycles. The minimum absolute atomic E-state index is 0.0683. The molecular formula is C26H40N6O6. The average Bonchev–Trinajstić information content (AvgIpc) is 3.17. The van der Waals surface area contributed by atoms with Gasteiger partial charge in [0.15, 0.2) is 0 Å². The molecule has 2 aromatic rings. The van der Waals surface area contributed by atoms with Gasteiger partial charge < -0.3 is 24.7 Å². The second-order valence-corrected chi connectivity index (χ2v) is 9.49. The van der Waals surface area contributed by atoms with Crippen LogP contribution in [-0.4, -0.2) is 118 Å². The Bertz CT molecular complexity index is 1010. The van der Waals surface area contributed by atoms with Crippen LogP contribution in [0.3, 0.4) is 0 Å². The number of likely N-dealkylation sites (N-methyl/N-ethyl adjacent to an activating group) is 1. The fraction of sp³-hybridized carbons (Fsp3) is 0.577. The van der Waals surface area contributed by atoms with Crippen LogP contribution in [0.5, 0.6) is 0 Å². The zero-order valence-electron chi connectivity index (χ0n) is 22.7. The summed E-state index contributed by atoms with van der Waals surface area (Å²) in [6.45, 7) is 9.72. The molecule has 2 aromatic heterocycles. The smallest absolute Gasteiger partial charge is 0.290 e. The highest BCUT2D eigenvalue weighted by molar-refractivity contribution is 5.79. The summed E-state index contributed by atoms with van der Waals surface area (Å²) < 4.78 is 8.10. The first-order chi connectivity index (χ1) is 18.2. The van der Waals surface area contributed by atoms with E-state index in [-0.39, 0.29) is 31.0 Å². The van der Waals surface area contributed by atoms with E-state index in [1.807, 2.05) is 50.3 Å². The Hall–Kier alpha value is -3.35. The Morgan fingerprint density at radius 3 is 2.32 bits per heavy atom.